The van der Waals surface area contributed by atoms with E-state index in [1.54, 1.807) is 0 Å². The Balaban J connectivity index is 1.70. The van der Waals surface area contributed by atoms with Crippen molar-refractivity contribution in [2.24, 2.45) is 0 Å². The monoisotopic (exact) mass is 348 g/mol. The highest BCUT2D eigenvalue weighted by Crippen LogP contribution is 2.18. The lowest BCUT2D eigenvalue weighted by molar-refractivity contribution is -0.120. The number of benzene rings is 2. The van der Waals surface area contributed by atoms with Crippen molar-refractivity contribution in [1.29, 1.82) is 0 Å². The zero-order valence-electron chi connectivity index (χ0n) is 13.0. The molecule has 2 aromatic carbocycles. The molecule has 126 valence electrons. The van der Waals surface area contributed by atoms with Crippen LogP contribution >= 0.6 is 11.6 Å². The maximum atomic E-state index is 13.6. The van der Waals surface area contributed by atoms with Gasteiger partial charge in [-0.05, 0) is 30.5 Å². The molecule has 0 unspecified atom stereocenters. The van der Waals surface area contributed by atoms with Crippen molar-refractivity contribution in [3.63, 3.8) is 0 Å². The van der Waals surface area contributed by atoms with Crippen LogP contribution in [-0.4, -0.2) is 24.9 Å². The number of hydrogen-bond donors (Lipinski definition) is 2. The van der Waals surface area contributed by atoms with Crippen molar-refractivity contribution in [2.45, 2.75) is 12.8 Å². The molecule has 0 aromatic heterocycles. The molecule has 0 saturated heterocycles. The number of nitrogens with one attached hydrogen (secondary N) is 2. The van der Waals surface area contributed by atoms with Gasteiger partial charge in [-0.3, -0.25) is 9.59 Å². The summed E-state index contributed by atoms with van der Waals surface area (Å²) in [5.41, 5.74) is 0.949. The molecule has 0 fully saturated rings. The summed E-state index contributed by atoms with van der Waals surface area (Å²) in [6.07, 6.45) is 1.65. The molecule has 2 rings (SSSR count). The quantitative estimate of drug-likeness (QED) is 0.756. The molecule has 2 N–H and O–H groups in total. The van der Waals surface area contributed by atoms with Crippen molar-refractivity contribution in [2.75, 3.05) is 13.1 Å². The third-order valence-electron chi connectivity index (χ3n) is 3.41. The molecule has 0 atom stereocenters. The first-order valence-corrected chi connectivity index (χ1v) is 7.98. The van der Waals surface area contributed by atoms with Crippen LogP contribution in [0.4, 0.5) is 4.39 Å². The Bertz CT molecular complexity index is 687. The van der Waals surface area contributed by atoms with E-state index < -0.39 is 11.7 Å². The van der Waals surface area contributed by atoms with Gasteiger partial charge in [0, 0.05) is 6.54 Å². The van der Waals surface area contributed by atoms with Crippen LogP contribution in [0.15, 0.2) is 48.5 Å². The number of carbonyl (C=O) groups excluding carboxylic acids is 2. The van der Waals surface area contributed by atoms with E-state index >= 15 is 0 Å². The van der Waals surface area contributed by atoms with E-state index in [0.29, 0.717) is 6.54 Å². The summed E-state index contributed by atoms with van der Waals surface area (Å²) in [5, 5.41) is 5.08. The van der Waals surface area contributed by atoms with Crippen molar-refractivity contribution < 1.29 is 14.0 Å². The predicted molar refractivity (Wildman–Crippen MR) is 91.5 cm³/mol. The Morgan fingerprint density at radius 2 is 1.75 bits per heavy atom. The van der Waals surface area contributed by atoms with Gasteiger partial charge >= 0.3 is 0 Å². The summed E-state index contributed by atoms with van der Waals surface area (Å²) >= 11 is 5.80. The number of rotatable bonds is 7. The highest BCUT2D eigenvalue weighted by atomic mass is 35.5. The van der Waals surface area contributed by atoms with Crippen LogP contribution in [0.1, 0.15) is 22.3 Å². The van der Waals surface area contributed by atoms with Crippen LogP contribution in [0.3, 0.4) is 0 Å². The van der Waals surface area contributed by atoms with E-state index in [-0.39, 0.29) is 23.0 Å². The van der Waals surface area contributed by atoms with Gasteiger partial charge in [-0.15, -0.1) is 0 Å². The number of amides is 2. The van der Waals surface area contributed by atoms with Gasteiger partial charge in [0.25, 0.3) is 5.91 Å². The van der Waals surface area contributed by atoms with E-state index in [0.717, 1.165) is 18.9 Å². The molecule has 24 heavy (non-hydrogen) atoms. The summed E-state index contributed by atoms with van der Waals surface area (Å²) in [5.74, 6) is -1.76. The van der Waals surface area contributed by atoms with Gasteiger partial charge in [0.05, 0.1) is 17.1 Å². The van der Waals surface area contributed by atoms with Gasteiger partial charge in [0.2, 0.25) is 5.91 Å². The second kappa shape index (κ2) is 9.03. The smallest absolute Gasteiger partial charge is 0.256 e. The van der Waals surface area contributed by atoms with Crippen LogP contribution in [0, 0.1) is 5.82 Å². The molecule has 0 saturated carbocycles. The maximum absolute atomic E-state index is 13.6. The van der Waals surface area contributed by atoms with Crippen molar-refractivity contribution in [3.05, 3.63) is 70.5 Å². The van der Waals surface area contributed by atoms with Gasteiger partial charge in [-0.1, -0.05) is 48.0 Å². The average molecular weight is 349 g/mol. The summed E-state index contributed by atoms with van der Waals surface area (Å²) in [6, 6.07) is 13.9. The summed E-state index contributed by atoms with van der Waals surface area (Å²) in [4.78, 5) is 23.6. The highest BCUT2D eigenvalue weighted by molar-refractivity contribution is 6.33. The van der Waals surface area contributed by atoms with E-state index in [1.807, 2.05) is 30.3 Å². The molecule has 0 radical (unpaired) electrons. The molecule has 0 spiro atoms. The van der Waals surface area contributed by atoms with E-state index in [1.165, 1.54) is 17.7 Å². The van der Waals surface area contributed by atoms with Crippen LogP contribution in [0.25, 0.3) is 0 Å². The molecular weight excluding hydrogens is 331 g/mol. The molecule has 0 aliphatic carbocycles. The first kappa shape index (κ1) is 17.9. The molecule has 2 aromatic rings. The van der Waals surface area contributed by atoms with Gasteiger partial charge in [-0.2, -0.15) is 0 Å². The Morgan fingerprint density at radius 3 is 2.46 bits per heavy atom. The molecule has 0 bridgehead atoms. The predicted octanol–water partition coefficient (Wildman–Crippen LogP) is 2.96. The van der Waals surface area contributed by atoms with Gasteiger partial charge in [0.1, 0.15) is 5.82 Å². The van der Waals surface area contributed by atoms with Crippen LogP contribution in [-0.2, 0) is 11.2 Å². The van der Waals surface area contributed by atoms with E-state index in [9.17, 15) is 14.0 Å². The van der Waals surface area contributed by atoms with E-state index in [4.69, 9.17) is 11.6 Å². The van der Waals surface area contributed by atoms with Crippen molar-refractivity contribution in [1.82, 2.24) is 10.6 Å². The van der Waals surface area contributed by atoms with Crippen LogP contribution < -0.4 is 10.6 Å². The fraction of sp³-hybridized carbons (Fsp3) is 0.222. The third kappa shape index (κ3) is 5.35. The number of halogens is 2. The van der Waals surface area contributed by atoms with Crippen molar-refractivity contribution >= 4 is 23.4 Å². The molecule has 4 nitrogen and oxygen atoms in total. The Kier molecular flexibility index (Phi) is 6.75. The lowest BCUT2D eigenvalue weighted by atomic mass is 10.1. The molecule has 0 heterocycles. The molecule has 6 heteroatoms. The first-order valence-electron chi connectivity index (χ1n) is 7.61. The second-order valence-corrected chi connectivity index (χ2v) is 5.63. The molecule has 2 amide bonds. The van der Waals surface area contributed by atoms with Crippen LogP contribution in [0.2, 0.25) is 5.02 Å². The first-order chi connectivity index (χ1) is 11.6. The fourth-order valence-electron chi connectivity index (χ4n) is 2.19. The largest absolute Gasteiger partial charge is 0.355 e. The normalized spacial score (nSPS) is 10.2. The topological polar surface area (TPSA) is 58.2 Å². The Morgan fingerprint density at radius 1 is 1.00 bits per heavy atom. The molecule has 0 aliphatic rings. The van der Waals surface area contributed by atoms with Crippen molar-refractivity contribution in [3.8, 4) is 0 Å². The fourth-order valence-corrected chi connectivity index (χ4v) is 2.44. The lowest BCUT2D eigenvalue weighted by Crippen LogP contribution is -2.37. The summed E-state index contributed by atoms with van der Waals surface area (Å²) < 4.78 is 13.6. The van der Waals surface area contributed by atoms with Gasteiger partial charge < -0.3 is 10.6 Å². The second-order valence-electron chi connectivity index (χ2n) is 5.22. The zero-order valence-corrected chi connectivity index (χ0v) is 13.8. The third-order valence-corrected chi connectivity index (χ3v) is 3.72. The number of hydrogen-bond acceptors (Lipinski definition) is 2. The average Bonchev–Trinajstić information content (AvgIpc) is 2.57. The summed E-state index contributed by atoms with van der Waals surface area (Å²) in [7, 11) is 0. The highest BCUT2D eigenvalue weighted by Gasteiger charge is 2.16. The number of carbonyl (C=O) groups is 2. The standard InChI is InChI=1S/C18H18ClFN2O2/c19-14-9-4-10-15(20)17(14)18(24)22-12-16(23)21-11-5-8-13-6-2-1-3-7-13/h1-4,6-7,9-10H,5,8,11-12H2,(H,21,23)(H,22,24). The van der Waals surface area contributed by atoms with E-state index in [2.05, 4.69) is 10.6 Å². The maximum Gasteiger partial charge on any atom is 0.256 e. The lowest BCUT2D eigenvalue weighted by Gasteiger charge is -2.08. The Hall–Kier alpha value is -2.40. The van der Waals surface area contributed by atoms with Crippen LogP contribution in [0.5, 0.6) is 0 Å². The Labute approximate surface area is 145 Å². The molecule has 0 aliphatic heterocycles. The minimum atomic E-state index is -0.719. The van der Waals surface area contributed by atoms with Gasteiger partial charge in [-0.25, -0.2) is 4.39 Å². The van der Waals surface area contributed by atoms with Gasteiger partial charge in [0.15, 0.2) is 0 Å². The summed E-state index contributed by atoms with van der Waals surface area (Å²) in [6.45, 7) is 0.277. The SMILES string of the molecule is O=C(CNC(=O)c1c(F)cccc1Cl)NCCCc1ccccc1. The zero-order chi connectivity index (χ0) is 17.4. The minimum Gasteiger partial charge on any atom is -0.355 e. The minimum absolute atomic E-state index is 0.00997. The molecular formula is C18H18ClFN2O2. The number of aryl methyl sites for hydroxylation is 1.